The number of nitrogens with two attached hydrogens (primary N) is 1. The summed E-state index contributed by atoms with van der Waals surface area (Å²) in [5, 5.41) is 14.8. The van der Waals surface area contributed by atoms with Gasteiger partial charge >= 0.3 is 6.18 Å². The third-order valence-electron chi connectivity index (χ3n) is 6.44. The standard InChI is InChI=1S/C23H26BrF3N6O2S/c1-3-22(28)12-19(18-11-15(23(25,26)27)7-8-20(18)29-22)21-30-32-33(31-21)13-17(36(2,34)35)10-14-5-4-6-16(24)9-14/h4-9,11,17,19,29H,3,10,12-13,28H2,1-2H3/t17?,19-,22+/m0/s1. The molecule has 0 aliphatic carbocycles. The molecule has 13 heteroatoms. The Bertz CT molecular complexity index is 1360. The van der Waals surface area contributed by atoms with Crippen molar-refractivity contribution in [3.05, 3.63) is 69.5 Å². The second-order valence-corrected chi connectivity index (χ2v) is 12.4. The Morgan fingerprint density at radius 2 is 2.03 bits per heavy atom. The van der Waals surface area contributed by atoms with Crippen molar-refractivity contribution in [3.63, 3.8) is 0 Å². The molecule has 194 valence electrons. The number of benzene rings is 2. The SMILES string of the molecule is CC[C@]1(N)C[C@H](c2nnn(CC(Cc3cccc(Br)c3)S(C)(=O)=O)n2)c2cc(C(F)(F)F)ccc2N1. The van der Waals surface area contributed by atoms with E-state index in [0.717, 1.165) is 28.4 Å². The highest BCUT2D eigenvalue weighted by atomic mass is 79.9. The van der Waals surface area contributed by atoms with Crippen molar-refractivity contribution in [1.29, 1.82) is 0 Å². The van der Waals surface area contributed by atoms with Gasteiger partial charge in [0.25, 0.3) is 0 Å². The summed E-state index contributed by atoms with van der Waals surface area (Å²) >= 11 is 3.39. The lowest BCUT2D eigenvalue weighted by atomic mass is 9.81. The molecule has 1 aromatic heterocycles. The fourth-order valence-electron chi connectivity index (χ4n) is 4.33. The predicted molar refractivity (Wildman–Crippen MR) is 133 cm³/mol. The van der Waals surface area contributed by atoms with E-state index in [4.69, 9.17) is 5.73 Å². The van der Waals surface area contributed by atoms with Crippen molar-refractivity contribution in [2.24, 2.45) is 5.73 Å². The van der Waals surface area contributed by atoms with Crippen molar-refractivity contribution in [1.82, 2.24) is 20.2 Å². The lowest BCUT2D eigenvalue weighted by molar-refractivity contribution is -0.137. The molecule has 0 amide bonds. The predicted octanol–water partition coefficient (Wildman–Crippen LogP) is 4.12. The van der Waals surface area contributed by atoms with Crippen LogP contribution in [0.2, 0.25) is 0 Å². The van der Waals surface area contributed by atoms with Gasteiger partial charge in [-0.3, -0.25) is 0 Å². The van der Waals surface area contributed by atoms with E-state index in [9.17, 15) is 21.6 Å². The molecule has 1 aliphatic rings. The lowest BCUT2D eigenvalue weighted by Gasteiger charge is -2.39. The quantitative estimate of drug-likeness (QED) is 0.427. The highest BCUT2D eigenvalue weighted by Gasteiger charge is 2.40. The minimum atomic E-state index is -4.51. The first-order valence-electron chi connectivity index (χ1n) is 11.3. The number of halogens is 4. The third kappa shape index (κ3) is 5.89. The van der Waals surface area contributed by atoms with Gasteiger partial charge in [0.15, 0.2) is 15.7 Å². The largest absolute Gasteiger partial charge is 0.416 e. The smallest absolute Gasteiger partial charge is 0.367 e. The molecule has 0 fully saturated rings. The van der Waals surface area contributed by atoms with E-state index in [1.165, 1.54) is 10.9 Å². The monoisotopic (exact) mass is 586 g/mol. The van der Waals surface area contributed by atoms with Gasteiger partial charge in [-0.2, -0.15) is 18.0 Å². The number of rotatable bonds is 7. The molecule has 0 saturated heterocycles. The summed E-state index contributed by atoms with van der Waals surface area (Å²) in [7, 11) is -3.48. The van der Waals surface area contributed by atoms with E-state index < -0.39 is 38.4 Å². The first-order valence-corrected chi connectivity index (χ1v) is 14.0. The molecule has 0 radical (unpaired) electrons. The summed E-state index contributed by atoms with van der Waals surface area (Å²) in [6.07, 6.45) is -2.36. The summed E-state index contributed by atoms with van der Waals surface area (Å²) in [5.74, 6) is -0.459. The van der Waals surface area contributed by atoms with Gasteiger partial charge in [-0.15, -0.1) is 10.2 Å². The van der Waals surface area contributed by atoms with Crippen molar-refractivity contribution < 1.29 is 21.6 Å². The lowest BCUT2D eigenvalue weighted by Crippen LogP contribution is -2.51. The second kappa shape index (κ2) is 9.75. The average molecular weight is 587 g/mol. The Labute approximate surface area is 215 Å². The first kappa shape index (κ1) is 26.6. The third-order valence-corrected chi connectivity index (χ3v) is 8.46. The van der Waals surface area contributed by atoms with Gasteiger partial charge in [0, 0.05) is 16.4 Å². The molecular weight excluding hydrogens is 561 g/mol. The fraction of sp³-hybridized carbons (Fsp3) is 0.435. The van der Waals surface area contributed by atoms with Crippen LogP contribution in [-0.4, -0.2) is 45.8 Å². The van der Waals surface area contributed by atoms with Crippen LogP contribution >= 0.6 is 15.9 Å². The maximum atomic E-state index is 13.4. The minimum absolute atomic E-state index is 0.0552. The maximum absolute atomic E-state index is 13.4. The van der Waals surface area contributed by atoms with Gasteiger partial charge in [-0.1, -0.05) is 35.0 Å². The number of hydrogen-bond acceptors (Lipinski definition) is 7. The number of sulfone groups is 1. The van der Waals surface area contributed by atoms with Crippen LogP contribution in [0.5, 0.6) is 0 Å². The number of nitrogens with one attached hydrogen (secondary N) is 1. The van der Waals surface area contributed by atoms with Crippen LogP contribution in [0.1, 0.15) is 48.2 Å². The summed E-state index contributed by atoms with van der Waals surface area (Å²) in [6, 6.07) is 10.8. The summed E-state index contributed by atoms with van der Waals surface area (Å²) in [4.78, 5) is 1.19. The minimum Gasteiger partial charge on any atom is -0.367 e. The molecule has 4 rings (SSSR count). The maximum Gasteiger partial charge on any atom is 0.416 e. The summed E-state index contributed by atoms with van der Waals surface area (Å²) in [6.45, 7) is 1.82. The number of nitrogens with zero attached hydrogens (tertiary/aromatic N) is 4. The number of anilines is 1. The average Bonchev–Trinajstić information content (AvgIpc) is 3.25. The van der Waals surface area contributed by atoms with E-state index in [-0.39, 0.29) is 25.2 Å². The number of alkyl halides is 3. The van der Waals surface area contributed by atoms with Crippen LogP contribution in [-0.2, 0) is 29.0 Å². The van der Waals surface area contributed by atoms with Crippen LogP contribution in [0.4, 0.5) is 18.9 Å². The Kier molecular flexibility index (Phi) is 7.19. The first-order chi connectivity index (χ1) is 16.8. The Morgan fingerprint density at radius 1 is 1.28 bits per heavy atom. The molecule has 2 heterocycles. The number of tetrazole rings is 1. The van der Waals surface area contributed by atoms with Crippen LogP contribution in [0, 0.1) is 0 Å². The number of fused-ring (bicyclic) bond motifs is 1. The van der Waals surface area contributed by atoms with E-state index in [2.05, 4.69) is 36.7 Å². The van der Waals surface area contributed by atoms with Gasteiger partial charge in [0.1, 0.15) is 0 Å². The summed E-state index contributed by atoms with van der Waals surface area (Å²) in [5.41, 5.74) is 6.47. The van der Waals surface area contributed by atoms with Crippen molar-refractivity contribution in [2.75, 3.05) is 11.6 Å². The van der Waals surface area contributed by atoms with Crippen molar-refractivity contribution in [3.8, 4) is 0 Å². The van der Waals surface area contributed by atoms with Crippen molar-refractivity contribution in [2.45, 2.75) is 55.7 Å². The van der Waals surface area contributed by atoms with E-state index in [1.54, 1.807) is 0 Å². The highest BCUT2D eigenvalue weighted by Crippen LogP contribution is 2.43. The molecule has 8 nitrogen and oxygen atoms in total. The zero-order valence-electron chi connectivity index (χ0n) is 19.6. The molecule has 0 spiro atoms. The molecule has 36 heavy (non-hydrogen) atoms. The summed E-state index contributed by atoms with van der Waals surface area (Å²) < 4.78 is 66.1. The molecule has 0 saturated carbocycles. The Balaban J connectivity index is 1.66. The molecule has 1 aliphatic heterocycles. The second-order valence-electron chi connectivity index (χ2n) is 9.18. The highest BCUT2D eigenvalue weighted by molar-refractivity contribution is 9.10. The Hall–Kier alpha value is -2.51. The zero-order chi connectivity index (χ0) is 26.3. The molecular formula is C23H26BrF3N6O2S. The molecule has 3 aromatic rings. The van der Waals surface area contributed by atoms with Gasteiger partial charge in [0.2, 0.25) is 0 Å². The molecule has 1 unspecified atom stereocenters. The van der Waals surface area contributed by atoms with E-state index in [1.807, 2.05) is 31.2 Å². The van der Waals surface area contributed by atoms with Crippen LogP contribution < -0.4 is 11.1 Å². The van der Waals surface area contributed by atoms with Crippen LogP contribution in [0.15, 0.2) is 46.9 Å². The molecule has 3 N–H and O–H groups in total. The zero-order valence-corrected chi connectivity index (χ0v) is 22.0. The fourth-order valence-corrected chi connectivity index (χ4v) is 5.68. The van der Waals surface area contributed by atoms with Crippen LogP contribution in [0.25, 0.3) is 0 Å². The molecule has 0 bridgehead atoms. The molecule has 3 atom stereocenters. The van der Waals surface area contributed by atoms with E-state index in [0.29, 0.717) is 17.7 Å². The Morgan fingerprint density at radius 3 is 2.67 bits per heavy atom. The number of hydrogen-bond donors (Lipinski definition) is 2. The van der Waals surface area contributed by atoms with Gasteiger partial charge in [-0.05, 0) is 65.9 Å². The van der Waals surface area contributed by atoms with Crippen molar-refractivity contribution >= 4 is 31.5 Å². The van der Waals surface area contributed by atoms with Gasteiger partial charge < -0.3 is 11.1 Å². The topological polar surface area (TPSA) is 116 Å². The van der Waals surface area contributed by atoms with Crippen LogP contribution in [0.3, 0.4) is 0 Å². The van der Waals surface area contributed by atoms with E-state index >= 15 is 0 Å². The normalized spacial score (nSPS) is 21.0. The molecule has 2 aromatic carbocycles. The number of aromatic nitrogens is 4. The van der Waals surface area contributed by atoms with Gasteiger partial charge in [0.05, 0.1) is 28.9 Å². The van der Waals surface area contributed by atoms with Gasteiger partial charge in [-0.25, -0.2) is 8.42 Å².